The summed E-state index contributed by atoms with van der Waals surface area (Å²) in [5, 5.41) is 8.77. The van der Waals surface area contributed by atoms with Crippen molar-refractivity contribution in [1.82, 2.24) is 4.90 Å². The van der Waals surface area contributed by atoms with Crippen LogP contribution in [0.2, 0.25) is 0 Å². The Kier molecular flexibility index (Phi) is 9.42. The number of piperidine rings is 1. The Labute approximate surface area is 89.3 Å². The zero-order chi connectivity index (χ0) is 10.8. The van der Waals surface area contributed by atoms with Crippen molar-refractivity contribution in [2.75, 3.05) is 26.2 Å². The van der Waals surface area contributed by atoms with E-state index in [1.54, 1.807) is 0 Å². The summed E-state index contributed by atoms with van der Waals surface area (Å²) >= 11 is 0. The van der Waals surface area contributed by atoms with Gasteiger partial charge in [0.2, 0.25) is 0 Å². The molecule has 0 aromatic heterocycles. The lowest BCUT2D eigenvalue weighted by Crippen LogP contribution is -2.34. The molecular formula is C12H27NO. The SMILES string of the molecule is CC.CCCN1CCC(CCO)CC1. The molecule has 0 amide bonds. The Balaban J connectivity index is 0.000000791. The Bertz CT molecular complexity index is 94.9. The van der Waals surface area contributed by atoms with Crippen molar-refractivity contribution >= 4 is 0 Å². The first-order valence-electron chi connectivity index (χ1n) is 6.20. The number of hydrogen-bond acceptors (Lipinski definition) is 2. The van der Waals surface area contributed by atoms with Gasteiger partial charge in [0, 0.05) is 6.61 Å². The molecule has 0 aliphatic carbocycles. The van der Waals surface area contributed by atoms with Crippen LogP contribution in [0.5, 0.6) is 0 Å². The predicted molar refractivity (Wildman–Crippen MR) is 62.5 cm³/mol. The first kappa shape index (κ1) is 13.9. The number of aliphatic hydroxyl groups is 1. The van der Waals surface area contributed by atoms with Crippen molar-refractivity contribution in [1.29, 1.82) is 0 Å². The molecule has 0 atom stereocenters. The lowest BCUT2D eigenvalue weighted by molar-refractivity contribution is 0.159. The largest absolute Gasteiger partial charge is 0.396 e. The number of likely N-dealkylation sites (tertiary alicyclic amines) is 1. The van der Waals surface area contributed by atoms with E-state index in [0.29, 0.717) is 6.61 Å². The Morgan fingerprint density at radius 2 is 1.79 bits per heavy atom. The third-order valence-corrected chi connectivity index (χ3v) is 2.78. The Morgan fingerprint density at radius 1 is 1.21 bits per heavy atom. The van der Waals surface area contributed by atoms with Crippen molar-refractivity contribution < 1.29 is 5.11 Å². The average molecular weight is 201 g/mol. The van der Waals surface area contributed by atoms with Crippen LogP contribution < -0.4 is 0 Å². The standard InChI is InChI=1S/C10H21NO.C2H6/c1-2-6-11-7-3-10(4-8-11)5-9-12;1-2/h10,12H,2-9H2,1H3;1-2H3. The lowest BCUT2D eigenvalue weighted by atomic mass is 9.94. The van der Waals surface area contributed by atoms with Crippen LogP contribution in [-0.4, -0.2) is 36.2 Å². The van der Waals surface area contributed by atoms with E-state index in [4.69, 9.17) is 5.11 Å². The number of hydrogen-bond donors (Lipinski definition) is 1. The van der Waals surface area contributed by atoms with Gasteiger partial charge in [-0.1, -0.05) is 20.8 Å². The minimum atomic E-state index is 0.373. The molecule has 1 aliphatic heterocycles. The highest BCUT2D eigenvalue weighted by Gasteiger charge is 2.17. The van der Waals surface area contributed by atoms with Gasteiger partial charge in [-0.25, -0.2) is 0 Å². The molecule has 0 saturated carbocycles. The fourth-order valence-electron chi connectivity index (χ4n) is 2.00. The monoisotopic (exact) mass is 201 g/mol. The summed E-state index contributed by atoms with van der Waals surface area (Å²) in [5.41, 5.74) is 0. The molecule has 1 fully saturated rings. The van der Waals surface area contributed by atoms with E-state index in [0.717, 1.165) is 12.3 Å². The molecule has 0 spiro atoms. The molecule has 1 aliphatic rings. The van der Waals surface area contributed by atoms with E-state index in [9.17, 15) is 0 Å². The summed E-state index contributed by atoms with van der Waals surface area (Å²) in [7, 11) is 0. The summed E-state index contributed by atoms with van der Waals surface area (Å²) in [4.78, 5) is 2.54. The molecule has 1 rings (SSSR count). The average Bonchev–Trinajstić information content (AvgIpc) is 2.25. The van der Waals surface area contributed by atoms with Gasteiger partial charge >= 0.3 is 0 Å². The van der Waals surface area contributed by atoms with E-state index < -0.39 is 0 Å². The fourth-order valence-corrected chi connectivity index (χ4v) is 2.00. The van der Waals surface area contributed by atoms with Gasteiger partial charge in [0.05, 0.1) is 0 Å². The van der Waals surface area contributed by atoms with Gasteiger partial charge in [-0.3, -0.25) is 0 Å². The molecular weight excluding hydrogens is 174 g/mol. The van der Waals surface area contributed by atoms with Crippen LogP contribution in [0.15, 0.2) is 0 Å². The highest BCUT2D eigenvalue weighted by molar-refractivity contribution is 4.71. The van der Waals surface area contributed by atoms with Crippen LogP contribution >= 0.6 is 0 Å². The molecule has 2 heteroatoms. The quantitative estimate of drug-likeness (QED) is 0.755. The first-order chi connectivity index (χ1) is 6.86. The Hall–Kier alpha value is -0.0800. The normalized spacial score (nSPS) is 18.9. The van der Waals surface area contributed by atoms with Gasteiger partial charge in [-0.05, 0) is 51.2 Å². The van der Waals surface area contributed by atoms with Gasteiger partial charge in [0.15, 0.2) is 0 Å². The minimum absolute atomic E-state index is 0.373. The van der Waals surface area contributed by atoms with Crippen molar-refractivity contribution in [3.63, 3.8) is 0 Å². The number of aliphatic hydroxyl groups excluding tert-OH is 1. The van der Waals surface area contributed by atoms with Gasteiger partial charge in [-0.15, -0.1) is 0 Å². The van der Waals surface area contributed by atoms with Crippen LogP contribution in [0, 0.1) is 5.92 Å². The second-order valence-corrected chi connectivity index (χ2v) is 3.80. The molecule has 0 aromatic rings. The predicted octanol–water partition coefficient (Wildman–Crippen LogP) is 2.52. The second kappa shape index (κ2) is 9.47. The van der Waals surface area contributed by atoms with E-state index in [-0.39, 0.29) is 0 Å². The summed E-state index contributed by atoms with van der Waals surface area (Å²) in [6.07, 6.45) is 4.87. The molecule has 0 bridgehead atoms. The topological polar surface area (TPSA) is 23.5 Å². The fraction of sp³-hybridized carbons (Fsp3) is 1.00. The van der Waals surface area contributed by atoms with E-state index in [1.807, 2.05) is 13.8 Å². The van der Waals surface area contributed by atoms with Gasteiger partial charge < -0.3 is 10.0 Å². The smallest absolute Gasteiger partial charge is 0.0433 e. The van der Waals surface area contributed by atoms with E-state index in [2.05, 4.69) is 11.8 Å². The lowest BCUT2D eigenvalue weighted by Gasteiger charge is -2.31. The maximum Gasteiger partial charge on any atom is 0.0433 e. The third-order valence-electron chi connectivity index (χ3n) is 2.78. The summed E-state index contributed by atoms with van der Waals surface area (Å²) in [6.45, 7) is 10.4. The summed E-state index contributed by atoms with van der Waals surface area (Å²) < 4.78 is 0. The van der Waals surface area contributed by atoms with Gasteiger partial charge in [0.25, 0.3) is 0 Å². The zero-order valence-corrected chi connectivity index (χ0v) is 10.1. The molecule has 0 unspecified atom stereocenters. The van der Waals surface area contributed by atoms with Crippen LogP contribution in [0.1, 0.15) is 46.5 Å². The van der Waals surface area contributed by atoms with Crippen molar-refractivity contribution in [2.45, 2.75) is 46.5 Å². The van der Waals surface area contributed by atoms with Crippen LogP contribution in [0.4, 0.5) is 0 Å². The van der Waals surface area contributed by atoms with Crippen LogP contribution in [0.3, 0.4) is 0 Å². The first-order valence-corrected chi connectivity index (χ1v) is 6.20. The highest BCUT2D eigenvalue weighted by Crippen LogP contribution is 2.19. The van der Waals surface area contributed by atoms with Crippen molar-refractivity contribution in [3.05, 3.63) is 0 Å². The molecule has 1 N–H and O–H groups in total. The number of rotatable bonds is 4. The molecule has 1 saturated heterocycles. The molecule has 1 heterocycles. The maximum atomic E-state index is 8.77. The van der Waals surface area contributed by atoms with Gasteiger partial charge in [0.1, 0.15) is 0 Å². The van der Waals surface area contributed by atoms with Crippen LogP contribution in [0.25, 0.3) is 0 Å². The number of nitrogens with zero attached hydrogens (tertiary/aromatic N) is 1. The second-order valence-electron chi connectivity index (χ2n) is 3.80. The molecule has 86 valence electrons. The summed E-state index contributed by atoms with van der Waals surface area (Å²) in [6, 6.07) is 0. The van der Waals surface area contributed by atoms with Crippen molar-refractivity contribution in [3.8, 4) is 0 Å². The molecule has 2 nitrogen and oxygen atoms in total. The minimum Gasteiger partial charge on any atom is -0.396 e. The van der Waals surface area contributed by atoms with E-state index >= 15 is 0 Å². The maximum absolute atomic E-state index is 8.77. The summed E-state index contributed by atoms with van der Waals surface area (Å²) in [5.74, 6) is 0.795. The zero-order valence-electron chi connectivity index (χ0n) is 10.1. The van der Waals surface area contributed by atoms with E-state index in [1.165, 1.54) is 38.9 Å². The molecule has 0 aromatic carbocycles. The van der Waals surface area contributed by atoms with Gasteiger partial charge in [-0.2, -0.15) is 0 Å². The third kappa shape index (κ3) is 5.61. The Morgan fingerprint density at radius 3 is 2.21 bits per heavy atom. The molecule has 0 radical (unpaired) electrons. The molecule has 14 heavy (non-hydrogen) atoms. The van der Waals surface area contributed by atoms with Crippen LogP contribution in [-0.2, 0) is 0 Å². The van der Waals surface area contributed by atoms with Crippen molar-refractivity contribution in [2.24, 2.45) is 5.92 Å². The highest BCUT2D eigenvalue weighted by atomic mass is 16.3.